The van der Waals surface area contributed by atoms with Gasteiger partial charge in [0.25, 0.3) is 0 Å². The number of hydrogen-bond donors (Lipinski definition) is 1. The van der Waals surface area contributed by atoms with Crippen molar-refractivity contribution < 1.29 is 23.1 Å². The molecule has 1 amide bonds. The molecule has 0 aromatic heterocycles. The quantitative estimate of drug-likeness (QED) is 0.775. The fourth-order valence-corrected chi connectivity index (χ4v) is 4.88. The van der Waals surface area contributed by atoms with Crippen molar-refractivity contribution in [2.75, 3.05) is 37.7 Å². The van der Waals surface area contributed by atoms with Crippen molar-refractivity contribution in [3.8, 4) is 6.07 Å². The monoisotopic (exact) mass is 437 g/mol. The van der Waals surface area contributed by atoms with Crippen LogP contribution in [0.3, 0.4) is 0 Å². The van der Waals surface area contributed by atoms with E-state index in [0.717, 1.165) is 6.07 Å². The topological polar surface area (TPSA) is 67.6 Å². The number of nitriles is 1. The van der Waals surface area contributed by atoms with Gasteiger partial charge in [-0.15, -0.1) is 0 Å². The SMILES string of the molecule is CC(C)(C)CC(=O)N1CC(CO)C2(CCN(c3ccc(C#N)c(C(F)(F)F)c3)CC2)C1. The first kappa shape index (κ1) is 23.4. The minimum atomic E-state index is -4.58. The number of rotatable bonds is 3. The van der Waals surface area contributed by atoms with Crippen LogP contribution in [0.25, 0.3) is 0 Å². The van der Waals surface area contributed by atoms with E-state index < -0.39 is 11.7 Å². The van der Waals surface area contributed by atoms with E-state index in [-0.39, 0.29) is 34.8 Å². The molecule has 1 aromatic carbocycles. The Morgan fingerprint density at radius 2 is 1.90 bits per heavy atom. The van der Waals surface area contributed by atoms with Crippen molar-refractivity contribution >= 4 is 11.6 Å². The number of likely N-dealkylation sites (tertiary alicyclic amines) is 1. The van der Waals surface area contributed by atoms with E-state index in [1.165, 1.54) is 6.07 Å². The molecule has 31 heavy (non-hydrogen) atoms. The number of carbonyl (C=O) groups is 1. The van der Waals surface area contributed by atoms with Crippen LogP contribution in [-0.2, 0) is 11.0 Å². The van der Waals surface area contributed by atoms with E-state index in [1.54, 1.807) is 12.1 Å². The largest absolute Gasteiger partial charge is 0.417 e. The van der Waals surface area contributed by atoms with Gasteiger partial charge in [0, 0.05) is 50.8 Å². The molecule has 0 saturated carbocycles. The first-order valence-electron chi connectivity index (χ1n) is 10.6. The zero-order valence-corrected chi connectivity index (χ0v) is 18.3. The number of nitrogens with zero attached hydrogens (tertiary/aromatic N) is 3. The van der Waals surface area contributed by atoms with Gasteiger partial charge in [-0.05, 0) is 41.9 Å². The van der Waals surface area contributed by atoms with Crippen molar-refractivity contribution in [3.05, 3.63) is 29.3 Å². The Morgan fingerprint density at radius 3 is 2.42 bits per heavy atom. The number of halogens is 3. The molecule has 170 valence electrons. The lowest BCUT2D eigenvalue weighted by molar-refractivity contribution is -0.137. The van der Waals surface area contributed by atoms with Crippen molar-refractivity contribution in [1.82, 2.24) is 4.90 Å². The van der Waals surface area contributed by atoms with Gasteiger partial charge < -0.3 is 14.9 Å². The number of amides is 1. The minimum Gasteiger partial charge on any atom is -0.396 e. The molecule has 1 aromatic rings. The smallest absolute Gasteiger partial charge is 0.396 e. The Morgan fingerprint density at radius 1 is 1.26 bits per heavy atom. The lowest BCUT2D eigenvalue weighted by atomic mass is 9.71. The first-order chi connectivity index (χ1) is 14.4. The maximum absolute atomic E-state index is 13.3. The summed E-state index contributed by atoms with van der Waals surface area (Å²) < 4.78 is 40.0. The van der Waals surface area contributed by atoms with Gasteiger partial charge in [-0.1, -0.05) is 20.8 Å². The van der Waals surface area contributed by atoms with E-state index >= 15 is 0 Å². The molecule has 2 aliphatic rings. The molecule has 3 rings (SSSR count). The second kappa shape index (κ2) is 8.34. The highest BCUT2D eigenvalue weighted by Gasteiger charge is 2.49. The van der Waals surface area contributed by atoms with E-state index in [1.807, 2.05) is 30.6 Å². The summed E-state index contributed by atoms with van der Waals surface area (Å²) in [7, 11) is 0. The Hall–Kier alpha value is -2.27. The average molecular weight is 438 g/mol. The highest BCUT2D eigenvalue weighted by molar-refractivity contribution is 5.77. The van der Waals surface area contributed by atoms with Gasteiger partial charge in [0.05, 0.1) is 17.2 Å². The third-order valence-corrected chi connectivity index (χ3v) is 6.62. The third-order valence-electron chi connectivity index (χ3n) is 6.62. The van der Waals surface area contributed by atoms with Gasteiger partial charge >= 0.3 is 6.18 Å². The summed E-state index contributed by atoms with van der Waals surface area (Å²) in [4.78, 5) is 16.5. The van der Waals surface area contributed by atoms with Crippen LogP contribution in [0.4, 0.5) is 18.9 Å². The van der Waals surface area contributed by atoms with Crippen molar-refractivity contribution in [2.24, 2.45) is 16.7 Å². The molecule has 2 fully saturated rings. The van der Waals surface area contributed by atoms with Gasteiger partial charge in [-0.2, -0.15) is 18.4 Å². The van der Waals surface area contributed by atoms with Crippen molar-refractivity contribution in [1.29, 1.82) is 5.26 Å². The molecule has 0 aliphatic carbocycles. The van der Waals surface area contributed by atoms with Gasteiger partial charge in [0.2, 0.25) is 5.91 Å². The average Bonchev–Trinajstić information content (AvgIpc) is 3.04. The van der Waals surface area contributed by atoms with Crippen LogP contribution in [0, 0.1) is 28.1 Å². The van der Waals surface area contributed by atoms with E-state index in [2.05, 4.69) is 0 Å². The molecule has 1 spiro atoms. The van der Waals surface area contributed by atoms with Crippen molar-refractivity contribution in [2.45, 2.75) is 46.2 Å². The van der Waals surface area contributed by atoms with E-state index in [9.17, 15) is 23.1 Å². The molecule has 8 heteroatoms. The summed E-state index contributed by atoms with van der Waals surface area (Å²) in [5.74, 6) is 0.0671. The van der Waals surface area contributed by atoms with Gasteiger partial charge in [0.1, 0.15) is 0 Å². The normalized spacial score (nSPS) is 21.4. The predicted molar refractivity (Wildman–Crippen MR) is 111 cm³/mol. The summed E-state index contributed by atoms with van der Waals surface area (Å²) in [6.45, 7) is 8.25. The zero-order valence-electron chi connectivity index (χ0n) is 18.3. The first-order valence-corrected chi connectivity index (χ1v) is 10.6. The van der Waals surface area contributed by atoms with Crippen molar-refractivity contribution in [3.63, 3.8) is 0 Å². The Bertz CT molecular complexity index is 862. The molecule has 2 heterocycles. The highest BCUT2D eigenvalue weighted by Crippen LogP contribution is 2.46. The summed E-state index contributed by atoms with van der Waals surface area (Å²) in [6.07, 6.45) is -2.75. The summed E-state index contributed by atoms with van der Waals surface area (Å²) in [5, 5.41) is 19.0. The maximum Gasteiger partial charge on any atom is 0.417 e. The molecule has 2 saturated heterocycles. The Balaban J connectivity index is 1.74. The molecule has 1 atom stereocenters. The van der Waals surface area contributed by atoms with Gasteiger partial charge in [-0.25, -0.2) is 0 Å². The van der Waals surface area contributed by atoms with E-state index in [4.69, 9.17) is 5.26 Å². The van der Waals surface area contributed by atoms with Gasteiger partial charge in [0.15, 0.2) is 0 Å². The molecular formula is C23H30F3N3O2. The lowest BCUT2D eigenvalue weighted by Gasteiger charge is -2.43. The number of aliphatic hydroxyl groups excluding tert-OH is 1. The number of alkyl halides is 3. The fourth-order valence-electron chi connectivity index (χ4n) is 4.88. The maximum atomic E-state index is 13.3. The second-order valence-corrected chi connectivity index (χ2v) is 10.1. The number of hydrogen-bond acceptors (Lipinski definition) is 4. The molecular weight excluding hydrogens is 407 g/mol. The number of aliphatic hydroxyl groups is 1. The highest BCUT2D eigenvalue weighted by atomic mass is 19.4. The molecule has 2 aliphatic heterocycles. The van der Waals surface area contributed by atoms with Crippen LogP contribution in [0.5, 0.6) is 0 Å². The number of piperidine rings is 1. The summed E-state index contributed by atoms with van der Waals surface area (Å²) in [6, 6.07) is 5.44. The van der Waals surface area contributed by atoms with Crippen LogP contribution < -0.4 is 4.90 Å². The summed E-state index contributed by atoms with van der Waals surface area (Å²) >= 11 is 0. The molecule has 0 radical (unpaired) electrons. The van der Waals surface area contributed by atoms with Crippen LogP contribution in [0.15, 0.2) is 18.2 Å². The molecule has 1 unspecified atom stereocenters. The number of anilines is 1. The zero-order chi connectivity index (χ0) is 23.0. The van der Waals surface area contributed by atoms with Crippen LogP contribution in [0.1, 0.15) is 51.2 Å². The van der Waals surface area contributed by atoms with Crippen LogP contribution in [0.2, 0.25) is 0 Å². The Labute approximate surface area is 181 Å². The number of carbonyl (C=O) groups excluding carboxylic acids is 1. The second-order valence-electron chi connectivity index (χ2n) is 10.1. The lowest BCUT2D eigenvalue weighted by Crippen LogP contribution is -2.45. The number of benzene rings is 1. The molecule has 5 nitrogen and oxygen atoms in total. The standard InChI is InChI=1S/C23H30F3N3O2/c1-21(2,3)11-20(31)29-13-17(14-30)22(15-29)6-8-28(9-7-22)18-5-4-16(12-27)19(10-18)23(24,25)26/h4-5,10,17,30H,6-9,11,13-15H2,1-3H3. The van der Waals surface area contributed by atoms with Gasteiger partial charge in [-0.3, -0.25) is 4.79 Å². The molecule has 1 N–H and O–H groups in total. The van der Waals surface area contributed by atoms with E-state index in [0.29, 0.717) is 51.1 Å². The van der Waals surface area contributed by atoms with Crippen LogP contribution in [-0.4, -0.2) is 48.7 Å². The summed E-state index contributed by atoms with van der Waals surface area (Å²) in [5.41, 5.74) is -1.18. The third kappa shape index (κ3) is 4.98. The van der Waals surface area contributed by atoms with Crippen LogP contribution >= 0.6 is 0 Å². The predicted octanol–water partition coefficient (Wildman–Crippen LogP) is 4.05. The fraction of sp³-hybridized carbons (Fsp3) is 0.652. The Kier molecular flexibility index (Phi) is 6.30. The minimum absolute atomic E-state index is 0.00557. The molecule has 0 bridgehead atoms.